The third kappa shape index (κ3) is 3.04. The minimum absolute atomic E-state index is 0.0660. The molecule has 2 aromatic heterocycles. The SMILES string of the molecule is O=C(c1cccnc1)c1ccn(Cc2ccc(F)c(Cl)c2)n1. The van der Waals surface area contributed by atoms with Gasteiger partial charge in [-0.15, -0.1) is 0 Å². The van der Waals surface area contributed by atoms with Crippen LogP contribution in [0.15, 0.2) is 55.0 Å². The molecule has 0 aliphatic rings. The van der Waals surface area contributed by atoms with Gasteiger partial charge in [0.05, 0.1) is 11.6 Å². The van der Waals surface area contributed by atoms with Crippen LogP contribution in [0.25, 0.3) is 0 Å². The number of rotatable bonds is 4. The molecule has 0 aliphatic carbocycles. The van der Waals surface area contributed by atoms with Gasteiger partial charge < -0.3 is 0 Å². The molecule has 110 valence electrons. The lowest BCUT2D eigenvalue weighted by Gasteiger charge is -2.03. The Morgan fingerprint density at radius 2 is 2.14 bits per heavy atom. The van der Waals surface area contributed by atoms with Gasteiger partial charge in [0, 0.05) is 24.2 Å². The third-order valence-electron chi connectivity index (χ3n) is 3.13. The monoisotopic (exact) mass is 315 g/mol. The van der Waals surface area contributed by atoms with E-state index in [4.69, 9.17) is 11.6 Å². The molecule has 2 heterocycles. The van der Waals surface area contributed by atoms with Gasteiger partial charge in [0.25, 0.3) is 0 Å². The van der Waals surface area contributed by atoms with E-state index in [1.165, 1.54) is 12.3 Å². The van der Waals surface area contributed by atoms with Gasteiger partial charge in [0.2, 0.25) is 5.78 Å². The molecular weight excluding hydrogens is 305 g/mol. The van der Waals surface area contributed by atoms with Crippen LogP contribution < -0.4 is 0 Å². The lowest BCUT2D eigenvalue weighted by atomic mass is 10.1. The molecule has 6 heteroatoms. The molecular formula is C16H11ClFN3O. The normalized spacial score (nSPS) is 10.6. The van der Waals surface area contributed by atoms with Crippen molar-refractivity contribution in [1.82, 2.24) is 14.8 Å². The van der Waals surface area contributed by atoms with Crippen LogP contribution in [0, 0.1) is 5.82 Å². The number of carbonyl (C=O) groups is 1. The number of nitrogens with zero attached hydrogens (tertiary/aromatic N) is 3. The highest BCUT2D eigenvalue weighted by molar-refractivity contribution is 6.30. The Balaban J connectivity index is 1.79. The first-order valence-corrected chi connectivity index (χ1v) is 6.93. The molecule has 3 aromatic rings. The zero-order valence-electron chi connectivity index (χ0n) is 11.4. The molecule has 0 saturated heterocycles. The first kappa shape index (κ1) is 14.4. The molecule has 0 fully saturated rings. The zero-order chi connectivity index (χ0) is 15.5. The lowest BCUT2D eigenvalue weighted by Crippen LogP contribution is -2.06. The quantitative estimate of drug-likeness (QED) is 0.694. The maximum atomic E-state index is 13.1. The standard InChI is InChI=1S/C16H11ClFN3O/c17-13-8-11(3-4-14(13)18)10-21-7-5-15(20-21)16(22)12-2-1-6-19-9-12/h1-9H,10H2. The van der Waals surface area contributed by atoms with Crippen molar-refractivity contribution >= 4 is 17.4 Å². The molecule has 4 nitrogen and oxygen atoms in total. The fourth-order valence-corrected chi connectivity index (χ4v) is 2.24. The van der Waals surface area contributed by atoms with Crippen LogP contribution in [0.4, 0.5) is 4.39 Å². The van der Waals surface area contributed by atoms with Gasteiger partial charge >= 0.3 is 0 Å². The van der Waals surface area contributed by atoms with Crippen LogP contribution in [-0.4, -0.2) is 20.5 Å². The Morgan fingerprint density at radius 3 is 2.86 bits per heavy atom. The van der Waals surface area contributed by atoms with E-state index in [1.54, 1.807) is 47.4 Å². The number of pyridine rings is 1. The van der Waals surface area contributed by atoms with E-state index in [0.717, 1.165) is 5.56 Å². The number of benzene rings is 1. The minimum atomic E-state index is -0.460. The number of hydrogen-bond donors (Lipinski definition) is 0. The van der Waals surface area contributed by atoms with E-state index >= 15 is 0 Å². The summed E-state index contributed by atoms with van der Waals surface area (Å²) in [5, 5.41) is 4.30. The molecule has 22 heavy (non-hydrogen) atoms. The van der Waals surface area contributed by atoms with E-state index in [9.17, 15) is 9.18 Å². The van der Waals surface area contributed by atoms with Crippen LogP contribution in [0.1, 0.15) is 21.6 Å². The Bertz CT molecular complexity index is 817. The second-order valence-corrected chi connectivity index (χ2v) is 5.13. The number of carbonyl (C=O) groups excluding carboxylic acids is 1. The first-order valence-electron chi connectivity index (χ1n) is 6.55. The number of halogens is 2. The summed E-state index contributed by atoms with van der Waals surface area (Å²) in [5.74, 6) is -0.651. The van der Waals surface area contributed by atoms with Gasteiger partial charge in [-0.2, -0.15) is 5.10 Å². The average Bonchev–Trinajstić information content (AvgIpc) is 2.99. The number of aromatic nitrogens is 3. The van der Waals surface area contributed by atoms with Crippen LogP contribution in [0.3, 0.4) is 0 Å². The molecule has 0 amide bonds. The maximum Gasteiger partial charge on any atom is 0.214 e. The van der Waals surface area contributed by atoms with E-state index in [0.29, 0.717) is 17.8 Å². The van der Waals surface area contributed by atoms with Crippen LogP contribution >= 0.6 is 11.6 Å². The van der Waals surface area contributed by atoms with Crippen molar-refractivity contribution in [2.75, 3.05) is 0 Å². The van der Waals surface area contributed by atoms with Crippen molar-refractivity contribution in [3.8, 4) is 0 Å². The molecule has 3 rings (SSSR count). The Kier molecular flexibility index (Phi) is 3.98. The van der Waals surface area contributed by atoms with Gasteiger partial charge in [-0.05, 0) is 35.9 Å². The van der Waals surface area contributed by atoms with Crippen molar-refractivity contribution in [2.24, 2.45) is 0 Å². The van der Waals surface area contributed by atoms with Crippen molar-refractivity contribution < 1.29 is 9.18 Å². The van der Waals surface area contributed by atoms with Gasteiger partial charge in [-0.25, -0.2) is 4.39 Å². The topological polar surface area (TPSA) is 47.8 Å². The van der Waals surface area contributed by atoms with Crippen molar-refractivity contribution in [2.45, 2.75) is 6.54 Å². The maximum absolute atomic E-state index is 13.1. The molecule has 0 aliphatic heterocycles. The summed E-state index contributed by atoms with van der Waals surface area (Å²) in [5.41, 5.74) is 1.62. The summed E-state index contributed by atoms with van der Waals surface area (Å²) >= 11 is 5.75. The van der Waals surface area contributed by atoms with Gasteiger partial charge in [-0.1, -0.05) is 17.7 Å². The van der Waals surface area contributed by atoms with Crippen molar-refractivity contribution in [1.29, 1.82) is 0 Å². The first-order chi connectivity index (χ1) is 10.6. The zero-order valence-corrected chi connectivity index (χ0v) is 12.2. The second-order valence-electron chi connectivity index (χ2n) is 4.72. The van der Waals surface area contributed by atoms with Crippen molar-refractivity contribution in [3.63, 3.8) is 0 Å². The summed E-state index contributed by atoms with van der Waals surface area (Å²) in [6.07, 6.45) is 4.80. The van der Waals surface area contributed by atoms with E-state index < -0.39 is 5.82 Å². The average molecular weight is 316 g/mol. The fraction of sp³-hybridized carbons (Fsp3) is 0.0625. The van der Waals surface area contributed by atoms with Gasteiger partial charge in [-0.3, -0.25) is 14.5 Å². The highest BCUT2D eigenvalue weighted by Gasteiger charge is 2.12. The highest BCUT2D eigenvalue weighted by Crippen LogP contribution is 2.17. The van der Waals surface area contributed by atoms with Crippen molar-refractivity contribution in [3.05, 3.63) is 82.6 Å². The van der Waals surface area contributed by atoms with Crippen LogP contribution in [-0.2, 0) is 6.54 Å². The predicted octanol–water partition coefficient (Wildman–Crippen LogP) is 3.35. The molecule has 0 spiro atoms. The van der Waals surface area contributed by atoms with E-state index in [2.05, 4.69) is 10.1 Å². The summed E-state index contributed by atoms with van der Waals surface area (Å²) in [6, 6.07) is 9.51. The smallest absolute Gasteiger partial charge is 0.214 e. The predicted molar refractivity (Wildman–Crippen MR) is 80.4 cm³/mol. The summed E-state index contributed by atoms with van der Waals surface area (Å²) in [7, 11) is 0. The Morgan fingerprint density at radius 1 is 1.27 bits per heavy atom. The number of hydrogen-bond acceptors (Lipinski definition) is 3. The lowest BCUT2D eigenvalue weighted by molar-refractivity contribution is 0.103. The van der Waals surface area contributed by atoms with Gasteiger partial charge in [0.1, 0.15) is 11.5 Å². The molecule has 0 N–H and O–H groups in total. The summed E-state index contributed by atoms with van der Waals surface area (Å²) in [6.45, 7) is 0.403. The second kappa shape index (κ2) is 6.07. The molecule has 0 bridgehead atoms. The molecule has 1 aromatic carbocycles. The van der Waals surface area contributed by atoms with Gasteiger partial charge in [0.15, 0.2) is 0 Å². The summed E-state index contributed by atoms with van der Waals surface area (Å²) in [4.78, 5) is 16.1. The van der Waals surface area contributed by atoms with Crippen LogP contribution in [0.5, 0.6) is 0 Å². The van der Waals surface area contributed by atoms with E-state index in [-0.39, 0.29) is 10.8 Å². The fourth-order valence-electron chi connectivity index (χ4n) is 2.04. The molecule has 0 radical (unpaired) electrons. The summed E-state index contributed by atoms with van der Waals surface area (Å²) < 4.78 is 14.7. The molecule has 0 unspecified atom stereocenters. The Labute approximate surface area is 131 Å². The molecule has 0 saturated carbocycles. The minimum Gasteiger partial charge on any atom is -0.287 e. The molecule has 0 atom stereocenters. The van der Waals surface area contributed by atoms with Crippen LogP contribution in [0.2, 0.25) is 5.02 Å². The largest absolute Gasteiger partial charge is 0.287 e. The number of ketones is 1. The highest BCUT2D eigenvalue weighted by atomic mass is 35.5. The van der Waals surface area contributed by atoms with E-state index in [1.807, 2.05) is 0 Å². The Hall–Kier alpha value is -2.53. The third-order valence-corrected chi connectivity index (χ3v) is 3.42.